The fraction of sp³-hybridized carbons (Fsp3) is 0. The molecule has 16 aromatic carbocycles. The molecule has 0 fully saturated rings. The Bertz CT molecular complexity index is 7520. The standard InChI is InChI=1S/C126H78N6.2Ir/c1-3-23-85(24-4-1)87-41-45-89(46-42-87)99-69-73-129-125(81-99)97-61-53-93(54-62-97)111-29-9-15-35-117(111)105-76-106(118-36-16-10-30-112(118)94-55-63-98(64-56-94)126-82-100(70-74-130-126)90-47-43-88(44-48-90)86-25-5-2-6-26-86)80-108(79-105)120-38-18-12-32-114(120)102-66-68-124(132-84-102)123-67-65-101(83-131-123)113-31-11-17-37-119(113)107-77-103(115-33-13-7-27-109(115)91-49-57-95(58-50-91)121-39-19-21-71-127-121)75-104(78-107)116-34-14-8-28-110(116)92-51-59-96(60-52-92)122-40-20-22-72-128-122;;/h1-57,59,61,63,65-66,69-84H;;/q-6;2*+3. The van der Waals surface area contributed by atoms with Crippen molar-refractivity contribution < 1.29 is 40.2 Å². The van der Waals surface area contributed by atoms with Crippen LogP contribution in [0.3, 0.4) is 0 Å². The fourth-order valence-corrected chi connectivity index (χ4v) is 17.9. The molecule has 0 spiro atoms. The Morgan fingerprint density at radius 3 is 0.597 bits per heavy atom. The molecule has 0 saturated heterocycles. The van der Waals surface area contributed by atoms with Gasteiger partial charge in [0.15, 0.2) is 0 Å². The van der Waals surface area contributed by atoms with Crippen molar-refractivity contribution in [2.24, 2.45) is 0 Å². The van der Waals surface area contributed by atoms with Crippen LogP contribution in [0.25, 0.3) is 234 Å². The summed E-state index contributed by atoms with van der Waals surface area (Å²) in [7, 11) is 0. The zero-order valence-electron chi connectivity index (χ0n) is 72.4. The van der Waals surface area contributed by atoms with Crippen molar-refractivity contribution in [3.8, 4) is 234 Å². The summed E-state index contributed by atoms with van der Waals surface area (Å²) in [5, 5.41) is 0. The van der Waals surface area contributed by atoms with Gasteiger partial charge in [0, 0.05) is 24.8 Å². The molecule has 0 atom stereocenters. The van der Waals surface area contributed by atoms with Crippen molar-refractivity contribution in [1.29, 1.82) is 0 Å². The minimum Gasteiger partial charge on any atom is -0.357 e. The summed E-state index contributed by atoms with van der Waals surface area (Å²) < 4.78 is 0. The Kier molecular flexibility index (Phi) is 25.1. The molecule has 22 rings (SSSR count). The van der Waals surface area contributed by atoms with Crippen molar-refractivity contribution in [2.45, 2.75) is 0 Å². The quantitative estimate of drug-likeness (QED) is 0.0667. The number of hydrogen-bond acceptors (Lipinski definition) is 6. The first-order valence-electron chi connectivity index (χ1n) is 44.2. The van der Waals surface area contributed by atoms with Crippen LogP contribution in [0.15, 0.2) is 474 Å². The Hall–Kier alpha value is -16.3. The maximum Gasteiger partial charge on any atom is 3.00 e. The van der Waals surface area contributed by atoms with Gasteiger partial charge >= 0.3 is 40.2 Å². The number of aromatic nitrogens is 6. The van der Waals surface area contributed by atoms with Gasteiger partial charge < -0.3 is 29.9 Å². The van der Waals surface area contributed by atoms with Crippen LogP contribution in [-0.4, -0.2) is 29.9 Å². The summed E-state index contributed by atoms with van der Waals surface area (Å²) in [6.45, 7) is 0. The number of rotatable bonds is 21. The fourth-order valence-electron chi connectivity index (χ4n) is 17.9. The molecule has 0 radical (unpaired) electrons. The average molecular weight is 2060 g/mol. The molecule has 630 valence electrons. The average Bonchev–Trinajstić information content (AvgIpc) is 0.768. The molecule has 0 N–H and O–H groups in total. The molecule has 0 saturated carbocycles. The third-order valence-electron chi connectivity index (χ3n) is 24.6. The van der Waals surface area contributed by atoms with Crippen molar-refractivity contribution in [3.63, 3.8) is 0 Å². The van der Waals surface area contributed by atoms with Gasteiger partial charge in [-0.3, -0.25) is 0 Å². The van der Waals surface area contributed by atoms with Crippen LogP contribution in [0, 0.1) is 36.4 Å². The first-order chi connectivity index (χ1) is 65.4. The van der Waals surface area contributed by atoms with Crippen LogP contribution in [0.1, 0.15) is 0 Å². The number of pyridine rings is 6. The van der Waals surface area contributed by atoms with E-state index in [1.54, 1.807) is 0 Å². The number of hydrogen-bond donors (Lipinski definition) is 0. The van der Waals surface area contributed by atoms with E-state index >= 15 is 0 Å². The van der Waals surface area contributed by atoms with Crippen LogP contribution >= 0.6 is 0 Å². The zero-order chi connectivity index (χ0) is 87.9. The Balaban J connectivity index is 0.00000557. The summed E-state index contributed by atoms with van der Waals surface area (Å²) in [6.07, 6.45) is 11.3. The van der Waals surface area contributed by atoms with Gasteiger partial charge in [-0.05, 0) is 207 Å². The smallest absolute Gasteiger partial charge is 0.357 e. The maximum absolute atomic E-state index is 5.16. The molecule has 134 heavy (non-hydrogen) atoms. The van der Waals surface area contributed by atoms with Gasteiger partial charge in [0.2, 0.25) is 0 Å². The SMILES string of the molecule is [Ir+3].[Ir+3].[c-]1cc(-c2ccccc2-c2cc(-c3ccccc3-c3c[c-]c(-c4ccccn4)cc3)cc(-c3ccccc3-c3c[c-]c(-c4[c-]cc(-c5ccccc5-c5cc(-c6ccccc6-c6c[c-]c(-c7cc(-c8ccc(-c9ccccc9)cc8)ccn7)cc6)cc(-c6ccccc6-c6c[c-]c(-c7cc(-c8ccc(-c9ccccc9)cc8)ccn7)cc6)c5)cn4)nc3)c2)ccc1-c1ccccn1. The van der Waals surface area contributed by atoms with E-state index in [2.05, 4.69) is 422 Å². The second kappa shape index (κ2) is 39.2. The van der Waals surface area contributed by atoms with Crippen LogP contribution in [-0.2, 0) is 40.2 Å². The maximum atomic E-state index is 5.16. The topological polar surface area (TPSA) is 77.3 Å². The van der Waals surface area contributed by atoms with Crippen LogP contribution in [0.2, 0.25) is 0 Å². The molecule has 0 aliphatic rings. The van der Waals surface area contributed by atoms with E-state index in [1.165, 1.54) is 22.3 Å². The van der Waals surface area contributed by atoms with Gasteiger partial charge in [0.1, 0.15) is 0 Å². The molecular formula is C126H78Ir2N6. The van der Waals surface area contributed by atoms with Gasteiger partial charge in [0.25, 0.3) is 0 Å². The van der Waals surface area contributed by atoms with Gasteiger partial charge in [-0.25, -0.2) is 12.1 Å². The molecule has 0 unspecified atom stereocenters. The van der Waals surface area contributed by atoms with Crippen LogP contribution in [0.5, 0.6) is 0 Å². The zero-order valence-corrected chi connectivity index (χ0v) is 77.2. The molecule has 0 aliphatic carbocycles. The summed E-state index contributed by atoms with van der Waals surface area (Å²) in [5.74, 6) is 0. The molecule has 6 nitrogen and oxygen atoms in total. The minimum atomic E-state index is 0. The van der Waals surface area contributed by atoms with Gasteiger partial charge in [0.05, 0.1) is 0 Å². The molecule has 0 amide bonds. The van der Waals surface area contributed by atoms with E-state index in [0.29, 0.717) is 11.4 Å². The Morgan fingerprint density at radius 2 is 0.351 bits per heavy atom. The molecule has 0 aliphatic heterocycles. The van der Waals surface area contributed by atoms with E-state index in [1.807, 2.05) is 97.8 Å². The van der Waals surface area contributed by atoms with E-state index in [4.69, 9.17) is 19.9 Å². The van der Waals surface area contributed by atoms with E-state index in [9.17, 15) is 0 Å². The van der Waals surface area contributed by atoms with Crippen molar-refractivity contribution >= 4 is 0 Å². The normalized spacial score (nSPS) is 11.0. The predicted molar refractivity (Wildman–Crippen MR) is 540 cm³/mol. The molecule has 8 heteroatoms. The first kappa shape index (κ1) is 85.8. The van der Waals surface area contributed by atoms with Gasteiger partial charge in [-0.2, -0.15) is 12.1 Å². The predicted octanol–water partition coefficient (Wildman–Crippen LogP) is 31.9. The Morgan fingerprint density at radius 1 is 0.134 bits per heavy atom. The largest absolute Gasteiger partial charge is 3.00 e. The summed E-state index contributed by atoms with van der Waals surface area (Å²) in [4.78, 5) is 29.3. The van der Waals surface area contributed by atoms with E-state index < -0.39 is 0 Å². The summed E-state index contributed by atoms with van der Waals surface area (Å²) >= 11 is 0. The van der Waals surface area contributed by atoms with Gasteiger partial charge in [-0.1, -0.05) is 358 Å². The Labute approximate surface area is 808 Å². The van der Waals surface area contributed by atoms with E-state index in [0.717, 1.165) is 201 Å². The first-order valence-corrected chi connectivity index (χ1v) is 44.2. The number of nitrogens with zero attached hydrogens (tertiary/aromatic N) is 6. The second-order valence-corrected chi connectivity index (χ2v) is 32.7. The summed E-state index contributed by atoms with van der Waals surface area (Å²) in [5.41, 5.74) is 42.5. The van der Waals surface area contributed by atoms with Crippen molar-refractivity contribution in [1.82, 2.24) is 29.9 Å². The second-order valence-electron chi connectivity index (χ2n) is 32.7. The minimum absolute atomic E-state index is 0. The molecule has 0 bridgehead atoms. The summed E-state index contributed by atoms with van der Waals surface area (Å²) in [6, 6.07) is 176. The van der Waals surface area contributed by atoms with Crippen molar-refractivity contribution in [3.05, 3.63) is 510 Å². The van der Waals surface area contributed by atoms with E-state index in [-0.39, 0.29) is 40.2 Å². The number of benzene rings is 16. The van der Waals surface area contributed by atoms with Crippen LogP contribution in [0.4, 0.5) is 0 Å². The molecular weight excluding hydrogens is 1980 g/mol. The molecule has 6 heterocycles. The third-order valence-corrected chi connectivity index (χ3v) is 24.6. The monoisotopic (exact) mass is 2060 g/mol. The molecule has 6 aromatic heterocycles. The van der Waals surface area contributed by atoms with Crippen LogP contribution < -0.4 is 0 Å². The molecule has 22 aromatic rings. The van der Waals surface area contributed by atoms with Crippen molar-refractivity contribution in [2.75, 3.05) is 0 Å². The van der Waals surface area contributed by atoms with Gasteiger partial charge in [-0.15, -0.1) is 131 Å². The third kappa shape index (κ3) is 18.1.